The highest BCUT2D eigenvalue weighted by atomic mass is 16.2. The fraction of sp³-hybridized carbons (Fsp3) is 0.500. The molecule has 1 aliphatic heterocycles. The molecule has 1 aromatic heterocycles. The van der Waals surface area contributed by atoms with Crippen LogP contribution in [0.3, 0.4) is 0 Å². The summed E-state index contributed by atoms with van der Waals surface area (Å²) in [5.74, 6) is 1.39. The Hall–Kier alpha value is -2.18. The van der Waals surface area contributed by atoms with Crippen LogP contribution in [0, 0.1) is 0 Å². The Kier molecular flexibility index (Phi) is 4.27. The van der Waals surface area contributed by atoms with Crippen LogP contribution in [0.15, 0.2) is 18.9 Å². The van der Waals surface area contributed by atoms with Crippen LogP contribution < -0.4 is 10.2 Å². The third kappa shape index (κ3) is 3.40. The molecule has 102 valence electrons. The van der Waals surface area contributed by atoms with E-state index < -0.39 is 0 Å². The van der Waals surface area contributed by atoms with Crippen molar-refractivity contribution in [3.8, 4) is 0 Å². The van der Waals surface area contributed by atoms with Gasteiger partial charge in [0, 0.05) is 39.6 Å². The van der Waals surface area contributed by atoms with Crippen molar-refractivity contribution in [1.82, 2.24) is 20.1 Å². The van der Waals surface area contributed by atoms with Crippen LogP contribution in [0.4, 0.5) is 11.8 Å². The van der Waals surface area contributed by atoms with Crippen LogP contribution in [0.25, 0.3) is 0 Å². The predicted molar refractivity (Wildman–Crippen MR) is 73.0 cm³/mol. The molecule has 7 nitrogen and oxygen atoms in total. The summed E-state index contributed by atoms with van der Waals surface area (Å²) in [5, 5.41) is 10.8. The predicted octanol–water partition coefficient (Wildman–Crippen LogP) is 0.138. The average molecular weight is 262 g/mol. The summed E-state index contributed by atoms with van der Waals surface area (Å²) in [6.07, 6.45) is 3.38. The van der Waals surface area contributed by atoms with E-state index in [0.717, 1.165) is 32.0 Å². The Morgan fingerprint density at radius 2 is 2.21 bits per heavy atom. The van der Waals surface area contributed by atoms with Gasteiger partial charge in [-0.2, -0.15) is 10.1 Å². The third-order valence-electron chi connectivity index (χ3n) is 3.00. The minimum atomic E-state index is 0.119. The first-order valence-electron chi connectivity index (χ1n) is 6.25. The molecule has 0 unspecified atom stereocenters. The number of aromatic nitrogens is 3. The minimum absolute atomic E-state index is 0.119. The number of nitrogens with one attached hydrogen (secondary N) is 1. The highest BCUT2D eigenvalue weighted by molar-refractivity contribution is 5.73. The van der Waals surface area contributed by atoms with Gasteiger partial charge in [-0.3, -0.25) is 4.79 Å². The Labute approximate surface area is 112 Å². The number of rotatable bonds is 4. The van der Waals surface area contributed by atoms with Crippen molar-refractivity contribution in [2.45, 2.75) is 6.92 Å². The van der Waals surface area contributed by atoms with Crippen molar-refractivity contribution in [1.29, 1.82) is 0 Å². The van der Waals surface area contributed by atoms with Crippen molar-refractivity contribution in [3.63, 3.8) is 0 Å². The second-order valence-corrected chi connectivity index (χ2v) is 4.30. The van der Waals surface area contributed by atoms with Gasteiger partial charge in [0.05, 0.1) is 6.20 Å². The fourth-order valence-corrected chi connectivity index (χ4v) is 1.94. The van der Waals surface area contributed by atoms with E-state index in [1.54, 1.807) is 19.2 Å². The van der Waals surface area contributed by atoms with Crippen LogP contribution in [-0.2, 0) is 4.79 Å². The molecule has 0 bridgehead atoms. The maximum atomic E-state index is 11.3. The molecule has 1 saturated heterocycles. The Balaban J connectivity index is 1.99. The molecule has 2 heterocycles. The Bertz CT molecular complexity index is 455. The van der Waals surface area contributed by atoms with Gasteiger partial charge in [0.2, 0.25) is 11.9 Å². The summed E-state index contributed by atoms with van der Waals surface area (Å²) in [5.41, 5.74) is 0. The lowest BCUT2D eigenvalue weighted by Crippen LogP contribution is -2.48. The molecule has 1 fully saturated rings. The third-order valence-corrected chi connectivity index (χ3v) is 3.00. The molecule has 1 amide bonds. The molecule has 1 aromatic rings. The molecule has 0 saturated carbocycles. The molecule has 19 heavy (non-hydrogen) atoms. The standard InChI is InChI=1S/C12H18N6O/c1-3-4-13-12-15-11(9-14-16-12)18-7-5-17(6-8-18)10(2)19/h3,9H,1,4-8H2,2H3,(H,13,15,16). The van der Waals surface area contributed by atoms with Gasteiger partial charge in [0.15, 0.2) is 5.82 Å². The molecule has 1 N–H and O–H groups in total. The van der Waals surface area contributed by atoms with Gasteiger partial charge in [-0.25, -0.2) is 0 Å². The van der Waals surface area contributed by atoms with Crippen LogP contribution in [-0.4, -0.2) is 58.7 Å². The first kappa shape index (κ1) is 13.3. The molecule has 7 heteroatoms. The molecular formula is C12H18N6O. The maximum absolute atomic E-state index is 11.3. The summed E-state index contributed by atoms with van der Waals surface area (Å²) in [6, 6.07) is 0. The lowest BCUT2D eigenvalue weighted by molar-refractivity contribution is -0.129. The van der Waals surface area contributed by atoms with Crippen LogP contribution in [0.5, 0.6) is 0 Å². The Morgan fingerprint density at radius 3 is 2.84 bits per heavy atom. The summed E-state index contributed by atoms with van der Waals surface area (Å²) < 4.78 is 0. The second kappa shape index (κ2) is 6.12. The zero-order valence-electron chi connectivity index (χ0n) is 11.0. The average Bonchev–Trinajstić information content (AvgIpc) is 2.45. The van der Waals surface area contributed by atoms with Crippen molar-refractivity contribution in [2.75, 3.05) is 42.9 Å². The molecular weight excluding hydrogens is 244 g/mol. The summed E-state index contributed by atoms with van der Waals surface area (Å²) >= 11 is 0. The lowest BCUT2D eigenvalue weighted by atomic mass is 10.3. The monoisotopic (exact) mass is 262 g/mol. The van der Waals surface area contributed by atoms with Crippen LogP contribution in [0.2, 0.25) is 0 Å². The summed E-state index contributed by atoms with van der Waals surface area (Å²) in [6.45, 7) is 8.78. The first-order chi connectivity index (χ1) is 9.20. The number of amides is 1. The smallest absolute Gasteiger partial charge is 0.244 e. The zero-order valence-corrected chi connectivity index (χ0v) is 11.0. The van der Waals surface area contributed by atoms with Gasteiger partial charge in [-0.1, -0.05) is 6.08 Å². The van der Waals surface area contributed by atoms with Crippen molar-refractivity contribution in [3.05, 3.63) is 18.9 Å². The number of hydrogen-bond acceptors (Lipinski definition) is 6. The van der Waals surface area contributed by atoms with Gasteiger partial charge in [0.25, 0.3) is 0 Å². The van der Waals surface area contributed by atoms with Crippen molar-refractivity contribution in [2.24, 2.45) is 0 Å². The molecule has 0 radical (unpaired) electrons. The van der Waals surface area contributed by atoms with Gasteiger partial charge in [-0.15, -0.1) is 11.7 Å². The number of hydrogen-bond donors (Lipinski definition) is 1. The molecule has 1 aliphatic rings. The van der Waals surface area contributed by atoms with Gasteiger partial charge in [-0.05, 0) is 0 Å². The molecule has 0 aliphatic carbocycles. The Morgan fingerprint density at radius 1 is 1.47 bits per heavy atom. The quantitative estimate of drug-likeness (QED) is 0.778. The van der Waals surface area contributed by atoms with Crippen LogP contribution in [0.1, 0.15) is 6.92 Å². The van der Waals surface area contributed by atoms with E-state index >= 15 is 0 Å². The second-order valence-electron chi connectivity index (χ2n) is 4.30. The lowest BCUT2D eigenvalue weighted by Gasteiger charge is -2.34. The number of anilines is 2. The number of carbonyl (C=O) groups excluding carboxylic acids is 1. The van der Waals surface area contributed by atoms with Crippen LogP contribution >= 0.6 is 0 Å². The number of nitrogens with zero attached hydrogens (tertiary/aromatic N) is 5. The normalized spacial score (nSPS) is 15.2. The molecule has 0 aromatic carbocycles. The van der Waals surface area contributed by atoms with Crippen molar-refractivity contribution < 1.29 is 4.79 Å². The SMILES string of the molecule is C=CCNc1nncc(N2CCN(C(C)=O)CC2)n1. The van der Waals surface area contributed by atoms with E-state index in [4.69, 9.17) is 0 Å². The first-order valence-corrected chi connectivity index (χ1v) is 6.25. The highest BCUT2D eigenvalue weighted by Crippen LogP contribution is 2.13. The van der Waals surface area contributed by atoms with E-state index in [9.17, 15) is 4.79 Å². The molecule has 2 rings (SSSR count). The maximum Gasteiger partial charge on any atom is 0.244 e. The largest absolute Gasteiger partial charge is 0.352 e. The van der Waals surface area contributed by atoms with E-state index in [1.165, 1.54) is 0 Å². The topological polar surface area (TPSA) is 74.2 Å². The minimum Gasteiger partial charge on any atom is -0.352 e. The summed E-state index contributed by atoms with van der Waals surface area (Å²) in [4.78, 5) is 19.6. The van der Waals surface area contributed by atoms with E-state index in [1.807, 2.05) is 4.90 Å². The van der Waals surface area contributed by atoms with Gasteiger partial charge in [0.1, 0.15) is 0 Å². The molecule has 0 spiro atoms. The van der Waals surface area contributed by atoms with E-state index in [0.29, 0.717) is 12.5 Å². The van der Waals surface area contributed by atoms with Crippen molar-refractivity contribution >= 4 is 17.7 Å². The highest BCUT2D eigenvalue weighted by Gasteiger charge is 2.20. The number of piperazine rings is 1. The molecule has 0 atom stereocenters. The fourth-order valence-electron chi connectivity index (χ4n) is 1.94. The van der Waals surface area contributed by atoms with Gasteiger partial charge < -0.3 is 15.1 Å². The van der Waals surface area contributed by atoms with E-state index in [2.05, 4.69) is 32.0 Å². The summed E-state index contributed by atoms with van der Waals surface area (Å²) in [7, 11) is 0. The number of carbonyl (C=O) groups is 1. The van der Waals surface area contributed by atoms with E-state index in [-0.39, 0.29) is 5.91 Å². The van der Waals surface area contributed by atoms with Gasteiger partial charge >= 0.3 is 0 Å². The zero-order chi connectivity index (χ0) is 13.7.